The first-order chi connectivity index (χ1) is 7.10. The van der Waals surface area contributed by atoms with Gasteiger partial charge >= 0.3 is 5.97 Å². The van der Waals surface area contributed by atoms with Crippen molar-refractivity contribution in [1.82, 2.24) is 4.98 Å². The van der Waals surface area contributed by atoms with Crippen LogP contribution in [-0.4, -0.2) is 17.6 Å². The number of rotatable bonds is 3. The number of pyridine rings is 1. The summed E-state index contributed by atoms with van der Waals surface area (Å²) in [6, 6.07) is 1.57. The lowest BCUT2D eigenvalue weighted by atomic mass is 10.2. The molecule has 0 radical (unpaired) electrons. The van der Waals surface area contributed by atoms with Gasteiger partial charge in [0.15, 0.2) is 0 Å². The molecule has 0 aliphatic rings. The number of hydrogen-bond donors (Lipinski definition) is 0. The number of hydrogen-bond acceptors (Lipinski definition) is 3. The Morgan fingerprint density at radius 1 is 1.53 bits per heavy atom. The summed E-state index contributed by atoms with van der Waals surface area (Å²) in [5.41, 5.74) is 0.932. The number of nitrogens with zero attached hydrogens (tertiary/aromatic N) is 1. The van der Waals surface area contributed by atoms with E-state index in [1.165, 1.54) is 0 Å². The molecule has 0 aliphatic carbocycles. The molecule has 0 amide bonds. The Labute approximate surface area is 106 Å². The normalized spacial score (nSPS) is 10.1. The summed E-state index contributed by atoms with van der Waals surface area (Å²) in [6.45, 7) is 2.02. The molecule has 0 saturated heterocycles. The maximum Gasteiger partial charge on any atom is 0.341 e. The maximum absolute atomic E-state index is 11.4. The minimum absolute atomic E-state index is 0.0585. The molecule has 6 heteroatoms. The number of halogens is 3. The first kappa shape index (κ1) is 12.7. The number of ether oxygens (including phenoxy) is 1. The molecular formula is C9H8BrCl2NO2. The molecule has 0 atom stereocenters. The number of alkyl halides is 1. The zero-order valence-electron chi connectivity index (χ0n) is 7.89. The van der Waals surface area contributed by atoms with Crippen molar-refractivity contribution in [3.8, 4) is 0 Å². The Hall–Kier alpha value is -0.320. The van der Waals surface area contributed by atoms with Gasteiger partial charge in [-0.05, 0) is 13.0 Å². The molecule has 3 nitrogen and oxygen atoms in total. The van der Waals surface area contributed by atoms with Gasteiger partial charge in [0.25, 0.3) is 0 Å². The van der Waals surface area contributed by atoms with Crippen molar-refractivity contribution in [2.24, 2.45) is 0 Å². The lowest BCUT2D eigenvalue weighted by Gasteiger charge is -2.06. The third kappa shape index (κ3) is 3.06. The van der Waals surface area contributed by atoms with E-state index in [1.54, 1.807) is 13.0 Å². The summed E-state index contributed by atoms with van der Waals surface area (Å²) in [5.74, 6) is -0.492. The fraction of sp³-hybridized carbons (Fsp3) is 0.333. The van der Waals surface area contributed by atoms with Gasteiger partial charge in [0.05, 0.1) is 12.2 Å². The largest absolute Gasteiger partial charge is 0.462 e. The van der Waals surface area contributed by atoms with Crippen molar-refractivity contribution in [2.45, 2.75) is 12.3 Å². The number of carbonyl (C=O) groups is 1. The molecule has 0 bridgehead atoms. The highest BCUT2D eigenvalue weighted by atomic mass is 79.9. The monoisotopic (exact) mass is 311 g/mol. The van der Waals surface area contributed by atoms with Gasteiger partial charge < -0.3 is 4.74 Å². The third-order valence-electron chi connectivity index (χ3n) is 1.64. The van der Waals surface area contributed by atoms with Gasteiger partial charge in [0.1, 0.15) is 10.3 Å². The van der Waals surface area contributed by atoms with Crippen molar-refractivity contribution in [1.29, 1.82) is 0 Å². The molecule has 1 aromatic rings. The first-order valence-corrected chi connectivity index (χ1v) is 6.05. The molecule has 0 aromatic carbocycles. The second-order valence-electron chi connectivity index (χ2n) is 2.63. The molecule has 15 heavy (non-hydrogen) atoms. The summed E-state index contributed by atoms with van der Waals surface area (Å²) >= 11 is 14.8. The van der Waals surface area contributed by atoms with E-state index in [-0.39, 0.29) is 15.9 Å². The van der Waals surface area contributed by atoms with Crippen LogP contribution in [0.3, 0.4) is 0 Å². The van der Waals surface area contributed by atoms with Gasteiger partial charge in [0.2, 0.25) is 0 Å². The van der Waals surface area contributed by atoms with Crippen LogP contribution in [0.1, 0.15) is 22.8 Å². The fourth-order valence-corrected chi connectivity index (χ4v) is 2.01. The predicted octanol–water partition coefficient (Wildman–Crippen LogP) is 3.46. The number of esters is 1. The molecule has 0 aliphatic heterocycles. The predicted molar refractivity (Wildman–Crippen MR) is 62.8 cm³/mol. The Morgan fingerprint density at radius 3 is 2.73 bits per heavy atom. The van der Waals surface area contributed by atoms with Crippen LogP contribution in [0.25, 0.3) is 0 Å². The van der Waals surface area contributed by atoms with Crippen molar-refractivity contribution < 1.29 is 9.53 Å². The molecule has 0 saturated carbocycles. The van der Waals surface area contributed by atoms with Crippen LogP contribution in [0.2, 0.25) is 10.3 Å². The second-order valence-corrected chi connectivity index (χ2v) is 3.91. The van der Waals surface area contributed by atoms with Crippen LogP contribution in [0.4, 0.5) is 0 Å². The van der Waals surface area contributed by atoms with Crippen molar-refractivity contribution in [3.63, 3.8) is 0 Å². The summed E-state index contributed by atoms with van der Waals surface area (Å²) < 4.78 is 4.83. The quantitative estimate of drug-likeness (QED) is 0.487. The second kappa shape index (κ2) is 5.68. The first-order valence-electron chi connectivity index (χ1n) is 4.18. The molecule has 0 spiro atoms. The lowest BCUT2D eigenvalue weighted by Crippen LogP contribution is -2.07. The van der Waals surface area contributed by atoms with Gasteiger partial charge in [-0.1, -0.05) is 39.1 Å². The van der Waals surface area contributed by atoms with Gasteiger partial charge in [-0.2, -0.15) is 0 Å². The highest BCUT2D eigenvalue weighted by Gasteiger charge is 2.15. The van der Waals surface area contributed by atoms with E-state index in [0.717, 1.165) is 0 Å². The van der Waals surface area contributed by atoms with Crippen LogP contribution >= 0.6 is 39.1 Å². The van der Waals surface area contributed by atoms with E-state index in [0.29, 0.717) is 17.5 Å². The van der Waals surface area contributed by atoms with Crippen LogP contribution in [-0.2, 0) is 10.1 Å². The van der Waals surface area contributed by atoms with Crippen molar-refractivity contribution in [3.05, 3.63) is 27.5 Å². The van der Waals surface area contributed by atoms with E-state index in [9.17, 15) is 4.79 Å². The highest BCUT2D eigenvalue weighted by Crippen LogP contribution is 2.23. The van der Waals surface area contributed by atoms with E-state index in [2.05, 4.69) is 20.9 Å². The van der Waals surface area contributed by atoms with Crippen LogP contribution in [0, 0.1) is 0 Å². The Kier molecular flexibility index (Phi) is 4.83. The lowest BCUT2D eigenvalue weighted by molar-refractivity contribution is 0.0526. The minimum atomic E-state index is -0.492. The van der Waals surface area contributed by atoms with E-state index in [4.69, 9.17) is 27.9 Å². The molecular weight excluding hydrogens is 305 g/mol. The molecule has 82 valence electrons. The van der Waals surface area contributed by atoms with Gasteiger partial charge in [-0.25, -0.2) is 9.78 Å². The van der Waals surface area contributed by atoms with Gasteiger partial charge in [0, 0.05) is 10.9 Å². The summed E-state index contributed by atoms with van der Waals surface area (Å²) in [6.07, 6.45) is 0. The minimum Gasteiger partial charge on any atom is -0.462 e. The highest BCUT2D eigenvalue weighted by molar-refractivity contribution is 9.08. The summed E-state index contributed by atoms with van der Waals surface area (Å²) in [5, 5.41) is 0.843. The van der Waals surface area contributed by atoms with Gasteiger partial charge in [-0.15, -0.1) is 0 Å². The zero-order chi connectivity index (χ0) is 11.4. The maximum atomic E-state index is 11.4. The smallest absolute Gasteiger partial charge is 0.341 e. The van der Waals surface area contributed by atoms with Crippen LogP contribution < -0.4 is 0 Å². The average Bonchev–Trinajstić information content (AvgIpc) is 2.18. The SMILES string of the molecule is CCOC(=O)c1cc(CBr)c(Cl)nc1Cl. The third-order valence-corrected chi connectivity index (χ3v) is 2.86. The molecule has 0 fully saturated rings. The van der Waals surface area contributed by atoms with E-state index in [1.807, 2.05) is 0 Å². The molecule has 0 unspecified atom stereocenters. The fourth-order valence-electron chi connectivity index (χ4n) is 0.957. The Morgan fingerprint density at radius 2 is 2.20 bits per heavy atom. The number of aromatic nitrogens is 1. The van der Waals surface area contributed by atoms with Crippen LogP contribution in [0.15, 0.2) is 6.07 Å². The Bertz CT molecular complexity index is 385. The topological polar surface area (TPSA) is 39.2 Å². The molecule has 1 rings (SSSR count). The van der Waals surface area contributed by atoms with Gasteiger partial charge in [-0.3, -0.25) is 0 Å². The standard InChI is InChI=1S/C9H8BrCl2NO2/c1-2-15-9(14)6-3-5(4-10)7(11)13-8(6)12/h3H,2,4H2,1H3. The van der Waals surface area contributed by atoms with Crippen molar-refractivity contribution >= 4 is 45.1 Å². The average molecular weight is 313 g/mol. The summed E-state index contributed by atoms with van der Waals surface area (Å²) in [7, 11) is 0. The van der Waals surface area contributed by atoms with Crippen molar-refractivity contribution in [2.75, 3.05) is 6.61 Å². The molecule has 1 aromatic heterocycles. The van der Waals surface area contributed by atoms with Crippen LogP contribution in [0.5, 0.6) is 0 Å². The summed E-state index contributed by atoms with van der Waals surface area (Å²) in [4.78, 5) is 15.3. The zero-order valence-corrected chi connectivity index (χ0v) is 11.0. The van der Waals surface area contributed by atoms with E-state index < -0.39 is 5.97 Å². The molecule has 0 N–H and O–H groups in total. The Balaban J connectivity index is 3.12. The molecule has 1 heterocycles. The number of carbonyl (C=O) groups excluding carboxylic acids is 1. The van der Waals surface area contributed by atoms with E-state index >= 15 is 0 Å².